The van der Waals surface area contributed by atoms with Crippen LogP contribution in [-0.4, -0.2) is 10.8 Å². The van der Waals surface area contributed by atoms with Crippen molar-refractivity contribution in [2.75, 3.05) is 0 Å². The minimum Gasteiger partial charge on any atom is -0.288 e. The smallest absolute Gasteiger partial charge is 0.203 e. The number of pyridine rings is 1. The SMILES string of the molecule is N#C/C(=C\c1cccnc1)C(=O)c1ccc(Cl)cc1. The van der Waals surface area contributed by atoms with Gasteiger partial charge in [-0.15, -0.1) is 0 Å². The normalized spacial score (nSPS) is 10.8. The summed E-state index contributed by atoms with van der Waals surface area (Å²) in [5, 5.41) is 9.64. The van der Waals surface area contributed by atoms with Crippen LogP contribution in [-0.2, 0) is 0 Å². The number of carbonyl (C=O) groups is 1. The average molecular weight is 269 g/mol. The third kappa shape index (κ3) is 3.27. The number of halogens is 1. The number of ketones is 1. The van der Waals surface area contributed by atoms with E-state index in [2.05, 4.69) is 4.98 Å². The molecule has 0 spiro atoms. The molecule has 0 amide bonds. The van der Waals surface area contributed by atoms with Crippen molar-refractivity contribution in [3.63, 3.8) is 0 Å². The fraction of sp³-hybridized carbons (Fsp3) is 0. The Bertz CT molecular complexity index is 655. The first-order valence-electron chi connectivity index (χ1n) is 5.53. The Kier molecular flexibility index (Phi) is 4.07. The van der Waals surface area contributed by atoms with E-state index in [1.807, 2.05) is 6.07 Å². The number of benzene rings is 1. The number of Topliss-reactive ketones (excluding diaryl/α,β-unsaturated/α-hetero) is 1. The van der Waals surface area contributed by atoms with E-state index in [0.717, 1.165) is 0 Å². The molecule has 1 aromatic heterocycles. The predicted octanol–water partition coefficient (Wildman–Crippen LogP) is 3.52. The van der Waals surface area contributed by atoms with E-state index in [-0.39, 0.29) is 11.4 Å². The first kappa shape index (κ1) is 13.0. The molecule has 0 N–H and O–H groups in total. The van der Waals surface area contributed by atoms with Gasteiger partial charge >= 0.3 is 0 Å². The molecular weight excluding hydrogens is 260 g/mol. The number of hydrogen-bond acceptors (Lipinski definition) is 3. The van der Waals surface area contributed by atoms with Gasteiger partial charge in [-0.05, 0) is 42.0 Å². The Labute approximate surface area is 115 Å². The van der Waals surface area contributed by atoms with Crippen LogP contribution in [0.5, 0.6) is 0 Å². The van der Waals surface area contributed by atoms with Crippen molar-refractivity contribution in [1.29, 1.82) is 5.26 Å². The van der Waals surface area contributed by atoms with Crippen molar-refractivity contribution in [1.82, 2.24) is 4.98 Å². The second-order valence-electron chi connectivity index (χ2n) is 3.79. The summed E-state index contributed by atoms with van der Waals surface area (Å²) in [6, 6.07) is 11.9. The standard InChI is InChI=1S/C15H9ClN2O/c16-14-5-3-12(4-6-14)15(19)13(9-17)8-11-2-1-7-18-10-11/h1-8,10H/b13-8+. The van der Waals surface area contributed by atoms with Crippen LogP contribution >= 0.6 is 11.6 Å². The summed E-state index contributed by atoms with van der Waals surface area (Å²) in [7, 11) is 0. The molecule has 0 atom stereocenters. The second-order valence-corrected chi connectivity index (χ2v) is 4.23. The number of carbonyl (C=O) groups excluding carboxylic acids is 1. The number of aromatic nitrogens is 1. The summed E-state index contributed by atoms with van der Waals surface area (Å²) < 4.78 is 0. The molecule has 0 aliphatic rings. The minimum absolute atomic E-state index is 0.0651. The van der Waals surface area contributed by atoms with Gasteiger partial charge in [0.25, 0.3) is 0 Å². The van der Waals surface area contributed by atoms with E-state index in [4.69, 9.17) is 16.9 Å². The van der Waals surface area contributed by atoms with Crippen molar-refractivity contribution in [2.24, 2.45) is 0 Å². The van der Waals surface area contributed by atoms with Crippen LogP contribution < -0.4 is 0 Å². The van der Waals surface area contributed by atoms with Gasteiger partial charge in [-0.3, -0.25) is 9.78 Å². The minimum atomic E-state index is -0.331. The summed E-state index contributed by atoms with van der Waals surface area (Å²) in [6.45, 7) is 0. The zero-order valence-corrected chi connectivity index (χ0v) is 10.6. The van der Waals surface area contributed by atoms with Crippen molar-refractivity contribution in [3.8, 4) is 6.07 Å². The Morgan fingerprint density at radius 3 is 2.58 bits per heavy atom. The Balaban J connectivity index is 2.33. The first-order chi connectivity index (χ1) is 9.20. The highest BCUT2D eigenvalue weighted by atomic mass is 35.5. The highest BCUT2D eigenvalue weighted by Crippen LogP contribution is 2.15. The van der Waals surface area contributed by atoms with E-state index < -0.39 is 0 Å². The molecule has 3 nitrogen and oxygen atoms in total. The van der Waals surface area contributed by atoms with E-state index in [9.17, 15) is 4.79 Å². The van der Waals surface area contributed by atoms with Gasteiger partial charge in [0.15, 0.2) is 0 Å². The van der Waals surface area contributed by atoms with Crippen LogP contribution in [0.3, 0.4) is 0 Å². The first-order valence-corrected chi connectivity index (χ1v) is 5.90. The molecule has 92 valence electrons. The van der Waals surface area contributed by atoms with Gasteiger partial charge < -0.3 is 0 Å². The largest absolute Gasteiger partial charge is 0.288 e. The van der Waals surface area contributed by atoms with E-state index in [0.29, 0.717) is 16.1 Å². The molecule has 19 heavy (non-hydrogen) atoms. The Morgan fingerprint density at radius 1 is 1.26 bits per heavy atom. The predicted molar refractivity (Wildman–Crippen MR) is 73.6 cm³/mol. The topological polar surface area (TPSA) is 53.8 Å². The van der Waals surface area contributed by atoms with Crippen LogP contribution in [0.1, 0.15) is 15.9 Å². The van der Waals surface area contributed by atoms with Crippen LogP contribution in [0.4, 0.5) is 0 Å². The number of nitriles is 1. The van der Waals surface area contributed by atoms with Crippen molar-refractivity contribution in [2.45, 2.75) is 0 Å². The third-order valence-electron chi connectivity index (χ3n) is 2.47. The maximum atomic E-state index is 12.1. The molecule has 0 saturated carbocycles. The summed E-state index contributed by atoms with van der Waals surface area (Å²) in [6.07, 6.45) is 4.74. The lowest BCUT2D eigenvalue weighted by Gasteiger charge is -2.00. The molecule has 1 heterocycles. The van der Waals surface area contributed by atoms with Crippen LogP contribution in [0.15, 0.2) is 54.4 Å². The number of hydrogen-bond donors (Lipinski definition) is 0. The van der Waals surface area contributed by atoms with E-state index >= 15 is 0 Å². The molecule has 0 fully saturated rings. The van der Waals surface area contributed by atoms with Gasteiger partial charge in [-0.1, -0.05) is 17.7 Å². The lowest BCUT2D eigenvalue weighted by Crippen LogP contribution is -2.01. The van der Waals surface area contributed by atoms with Crippen LogP contribution in [0, 0.1) is 11.3 Å². The highest BCUT2D eigenvalue weighted by molar-refractivity contribution is 6.30. The molecule has 0 bridgehead atoms. The molecule has 0 radical (unpaired) electrons. The fourth-order valence-electron chi connectivity index (χ4n) is 1.53. The molecular formula is C15H9ClN2O. The molecule has 2 aromatic rings. The third-order valence-corrected chi connectivity index (χ3v) is 2.72. The van der Waals surface area contributed by atoms with Crippen LogP contribution in [0.2, 0.25) is 5.02 Å². The Morgan fingerprint density at radius 2 is 2.00 bits per heavy atom. The van der Waals surface area contributed by atoms with Gasteiger partial charge in [0.2, 0.25) is 5.78 Å². The fourth-order valence-corrected chi connectivity index (χ4v) is 1.66. The molecule has 0 aliphatic heterocycles. The molecule has 0 saturated heterocycles. The summed E-state index contributed by atoms with van der Waals surface area (Å²) in [4.78, 5) is 16.1. The zero-order valence-electron chi connectivity index (χ0n) is 9.88. The van der Waals surface area contributed by atoms with Gasteiger partial charge in [0, 0.05) is 23.0 Å². The monoisotopic (exact) mass is 268 g/mol. The van der Waals surface area contributed by atoms with Gasteiger partial charge in [-0.25, -0.2) is 0 Å². The molecule has 4 heteroatoms. The summed E-state index contributed by atoms with van der Waals surface area (Å²) >= 11 is 5.76. The lowest BCUT2D eigenvalue weighted by molar-refractivity contribution is 0.104. The summed E-state index contributed by atoms with van der Waals surface area (Å²) in [5.41, 5.74) is 1.21. The van der Waals surface area contributed by atoms with Gasteiger partial charge in [0.1, 0.15) is 11.6 Å². The maximum absolute atomic E-state index is 12.1. The summed E-state index contributed by atoms with van der Waals surface area (Å²) in [5.74, 6) is -0.331. The van der Waals surface area contributed by atoms with Gasteiger partial charge in [0.05, 0.1) is 0 Å². The van der Waals surface area contributed by atoms with Crippen molar-refractivity contribution < 1.29 is 4.79 Å². The average Bonchev–Trinajstić information content (AvgIpc) is 2.46. The molecule has 1 aromatic carbocycles. The quantitative estimate of drug-likeness (QED) is 0.486. The Hall–Kier alpha value is -2.44. The zero-order chi connectivity index (χ0) is 13.7. The molecule has 0 unspecified atom stereocenters. The van der Waals surface area contributed by atoms with Crippen LogP contribution in [0.25, 0.3) is 6.08 Å². The lowest BCUT2D eigenvalue weighted by atomic mass is 10.0. The second kappa shape index (κ2) is 5.94. The van der Waals surface area contributed by atoms with Crippen molar-refractivity contribution >= 4 is 23.5 Å². The molecule has 2 rings (SSSR count). The number of nitrogens with zero attached hydrogens (tertiary/aromatic N) is 2. The molecule has 0 aliphatic carbocycles. The van der Waals surface area contributed by atoms with E-state index in [1.54, 1.807) is 48.8 Å². The van der Waals surface area contributed by atoms with E-state index in [1.165, 1.54) is 6.08 Å². The highest BCUT2D eigenvalue weighted by Gasteiger charge is 2.11. The van der Waals surface area contributed by atoms with Crippen molar-refractivity contribution in [3.05, 3.63) is 70.5 Å². The number of allylic oxidation sites excluding steroid dienone is 1. The maximum Gasteiger partial charge on any atom is 0.203 e. The van der Waals surface area contributed by atoms with Gasteiger partial charge in [-0.2, -0.15) is 5.26 Å². The number of rotatable bonds is 3.